The molecule has 37 heavy (non-hydrogen) atoms. The molecule has 3 aromatic carbocycles. The molecule has 0 aliphatic rings. The molecule has 3 rings (SSSR count). The summed E-state index contributed by atoms with van der Waals surface area (Å²) in [5.74, 6) is -0.235. The number of carbonyl (C=O) groups is 2. The van der Waals surface area contributed by atoms with E-state index in [0.29, 0.717) is 28.4 Å². The molecule has 8 nitrogen and oxygen atoms in total. The van der Waals surface area contributed by atoms with Crippen LogP contribution in [0, 0.1) is 0 Å². The van der Waals surface area contributed by atoms with Crippen molar-refractivity contribution in [2.75, 3.05) is 28.3 Å². The number of nitrogens with zero attached hydrogens (tertiary/aromatic N) is 1. The number of methoxy groups -OCH3 is 1. The van der Waals surface area contributed by atoms with Crippen LogP contribution in [0.2, 0.25) is 0 Å². The Morgan fingerprint density at radius 2 is 1.46 bits per heavy atom. The Bertz CT molecular complexity index is 1360. The molecule has 2 N–H and O–H groups in total. The van der Waals surface area contributed by atoms with Crippen LogP contribution in [0.15, 0.2) is 72.8 Å². The second kappa shape index (κ2) is 11.0. The fraction of sp³-hybridized carbons (Fsp3) is 0.286. The molecule has 9 heteroatoms. The molecule has 0 radical (unpaired) electrons. The predicted molar refractivity (Wildman–Crippen MR) is 148 cm³/mol. The van der Waals surface area contributed by atoms with Gasteiger partial charge in [0.05, 0.1) is 19.1 Å². The summed E-state index contributed by atoms with van der Waals surface area (Å²) in [5, 5.41) is 5.58. The number of carbonyl (C=O) groups excluding carboxylic acids is 2. The van der Waals surface area contributed by atoms with E-state index in [0.717, 1.165) is 16.1 Å². The van der Waals surface area contributed by atoms with Crippen LogP contribution in [-0.2, 0) is 20.2 Å². The maximum absolute atomic E-state index is 13.0. The quantitative estimate of drug-likeness (QED) is 0.431. The lowest BCUT2D eigenvalue weighted by Crippen LogP contribution is -2.45. The second-order valence-corrected chi connectivity index (χ2v) is 11.6. The summed E-state index contributed by atoms with van der Waals surface area (Å²) in [6.07, 6.45) is 1.05. The van der Waals surface area contributed by atoms with E-state index in [9.17, 15) is 18.0 Å². The van der Waals surface area contributed by atoms with Crippen LogP contribution < -0.4 is 19.7 Å². The van der Waals surface area contributed by atoms with Gasteiger partial charge in [0.1, 0.15) is 11.8 Å². The molecule has 0 spiro atoms. The third-order valence-corrected chi connectivity index (χ3v) is 7.06. The number of anilines is 3. The van der Waals surface area contributed by atoms with Gasteiger partial charge in [-0.25, -0.2) is 8.42 Å². The van der Waals surface area contributed by atoms with E-state index in [1.165, 1.54) is 14.0 Å². The third kappa shape index (κ3) is 7.10. The highest BCUT2D eigenvalue weighted by Crippen LogP contribution is 2.25. The van der Waals surface area contributed by atoms with Gasteiger partial charge in [0.25, 0.3) is 5.91 Å². The topological polar surface area (TPSA) is 105 Å². The van der Waals surface area contributed by atoms with E-state index >= 15 is 0 Å². The maximum atomic E-state index is 13.0. The fourth-order valence-corrected chi connectivity index (χ4v) is 4.96. The third-order valence-electron chi connectivity index (χ3n) is 5.82. The summed E-state index contributed by atoms with van der Waals surface area (Å²) in [6, 6.07) is 19.5. The number of hydrogen-bond acceptors (Lipinski definition) is 5. The standard InChI is InChI=1S/C28H33N3O5S/c1-19(31(37(6,34)35)24-14-16-25(36-5)17-15-24)26(32)29-22-8-7-9-23(18-22)30-27(33)20-10-12-21(13-11-20)28(2,3)4/h7-19H,1-6H3,(H,29,32)(H,30,33)/t19-/m0/s1. The van der Waals surface area contributed by atoms with Crippen molar-refractivity contribution < 1.29 is 22.7 Å². The summed E-state index contributed by atoms with van der Waals surface area (Å²) in [6.45, 7) is 7.83. The lowest BCUT2D eigenvalue weighted by molar-refractivity contribution is -0.116. The summed E-state index contributed by atoms with van der Waals surface area (Å²) in [5.41, 5.74) is 2.87. The first-order valence-corrected chi connectivity index (χ1v) is 13.6. The Balaban J connectivity index is 1.73. The molecular weight excluding hydrogens is 490 g/mol. The van der Waals surface area contributed by atoms with Gasteiger partial charge in [0.15, 0.2) is 0 Å². The van der Waals surface area contributed by atoms with E-state index in [1.54, 1.807) is 60.7 Å². The van der Waals surface area contributed by atoms with Gasteiger partial charge in [-0.2, -0.15) is 0 Å². The number of ether oxygens (including phenoxy) is 1. The van der Waals surface area contributed by atoms with Crippen molar-refractivity contribution in [2.24, 2.45) is 0 Å². The molecule has 0 aliphatic carbocycles. The highest BCUT2D eigenvalue weighted by atomic mass is 32.2. The van der Waals surface area contributed by atoms with Gasteiger partial charge < -0.3 is 15.4 Å². The SMILES string of the molecule is COc1ccc(N([C@@H](C)C(=O)Nc2cccc(NC(=O)c3ccc(C(C)(C)C)cc3)c2)S(C)(=O)=O)cc1. The molecule has 1 atom stereocenters. The van der Waals surface area contributed by atoms with Crippen molar-refractivity contribution in [1.29, 1.82) is 0 Å². The zero-order valence-electron chi connectivity index (χ0n) is 21.9. The zero-order valence-corrected chi connectivity index (χ0v) is 22.7. The monoisotopic (exact) mass is 523 g/mol. The zero-order chi connectivity index (χ0) is 27.4. The van der Waals surface area contributed by atoms with Gasteiger partial charge in [0.2, 0.25) is 15.9 Å². The molecule has 0 aliphatic heterocycles. The predicted octanol–water partition coefficient (Wildman–Crippen LogP) is 5.04. The smallest absolute Gasteiger partial charge is 0.255 e. The van der Waals surface area contributed by atoms with Crippen LogP contribution in [0.3, 0.4) is 0 Å². The molecule has 0 fully saturated rings. The molecule has 0 bridgehead atoms. The van der Waals surface area contributed by atoms with Crippen LogP contribution in [0.4, 0.5) is 17.1 Å². The molecule has 0 aromatic heterocycles. The average molecular weight is 524 g/mol. The number of nitrogens with one attached hydrogen (secondary N) is 2. The molecule has 0 saturated carbocycles. The summed E-state index contributed by atoms with van der Waals surface area (Å²) in [4.78, 5) is 25.8. The van der Waals surface area contributed by atoms with Crippen LogP contribution in [-0.4, -0.2) is 39.6 Å². The van der Waals surface area contributed by atoms with Crippen LogP contribution >= 0.6 is 0 Å². The van der Waals surface area contributed by atoms with Crippen molar-refractivity contribution >= 4 is 38.9 Å². The molecular formula is C28H33N3O5S. The first-order chi connectivity index (χ1) is 17.3. The van der Waals surface area contributed by atoms with Crippen molar-refractivity contribution in [3.8, 4) is 5.75 Å². The van der Waals surface area contributed by atoms with E-state index in [4.69, 9.17) is 4.74 Å². The Morgan fingerprint density at radius 1 is 0.892 bits per heavy atom. The summed E-state index contributed by atoms with van der Waals surface area (Å²) < 4.78 is 31.3. The van der Waals surface area contributed by atoms with Gasteiger partial charge in [-0.15, -0.1) is 0 Å². The Morgan fingerprint density at radius 3 is 1.97 bits per heavy atom. The first kappa shape index (κ1) is 27.7. The van der Waals surface area contributed by atoms with E-state index < -0.39 is 22.0 Å². The summed E-state index contributed by atoms with van der Waals surface area (Å²) in [7, 11) is -2.25. The van der Waals surface area contributed by atoms with Gasteiger partial charge >= 0.3 is 0 Å². The normalized spacial score (nSPS) is 12.4. The van der Waals surface area contributed by atoms with Crippen molar-refractivity contribution in [3.63, 3.8) is 0 Å². The summed E-state index contributed by atoms with van der Waals surface area (Å²) >= 11 is 0. The van der Waals surface area contributed by atoms with Crippen molar-refractivity contribution in [2.45, 2.75) is 39.2 Å². The van der Waals surface area contributed by atoms with E-state index in [1.807, 2.05) is 12.1 Å². The average Bonchev–Trinajstić information content (AvgIpc) is 2.83. The molecule has 2 amide bonds. The van der Waals surface area contributed by atoms with Gasteiger partial charge in [-0.3, -0.25) is 13.9 Å². The minimum atomic E-state index is -3.77. The largest absolute Gasteiger partial charge is 0.497 e. The van der Waals surface area contributed by atoms with Crippen LogP contribution in [0.5, 0.6) is 5.75 Å². The molecule has 0 saturated heterocycles. The molecule has 0 unspecified atom stereocenters. The lowest BCUT2D eigenvalue weighted by atomic mass is 9.87. The number of rotatable bonds is 8. The van der Waals surface area contributed by atoms with Gasteiger partial charge in [0, 0.05) is 16.9 Å². The maximum Gasteiger partial charge on any atom is 0.255 e. The first-order valence-electron chi connectivity index (χ1n) is 11.8. The van der Waals surface area contributed by atoms with Crippen LogP contribution in [0.25, 0.3) is 0 Å². The minimum Gasteiger partial charge on any atom is -0.497 e. The highest BCUT2D eigenvalue weighted by molar-refractivity contribution is 7.92. The second-order valence-electron chi connectivity index (χ2n) is 9.78. The number of sulfonamides is 1. The van der Waals surface area contributed by atoms with Crippen LogP contribution in [0.1, 0.15) is 43.6 Å². The lowest BCUT2D eigenvalue weighted by Gasteiger charge is -2.28. The minimum absolute atomic E-state index is 0.0151. The highest BCUT2D eigenvalue weighted by Gasteiger charge is 2.29. The molecule has 3 aromatic rings. The van der Waals surface area contributed by atoms with E-state index in [2.05, 4.69) is 31.4 Å². The Labute approximate surface area is 218 Å². The van der Waals surface area contributed by atoms with E-state index in [-0.39, 0.29) is 11.3 Å². The Hall–Kier alpha value is -3.85. The van der Waals surface area contributed by atoms with Gasteiger partial charge in [-0.1, -0.05) is 39.0 Å². The number of hydrogen-bond donors (Lipinski definition) is 2. The molecule has 196 valence electrons. The Kier molecular flexibility index (Phi) is 8.28. The number of amides is 2. The number of benzene rings is 3. The molecule has 0 heterocycles. The van der Waals surface area contributed by atoms with Crippen molar-refractivity contribution in [1.82, 2.24) is 0 Å². The van der Waals surface area contributed by atoms with Gasteiger partial charge in [-0.05, 0) is 72.5 Å². The van der Waals surface area contributed by atoms with Crippen molar-refractivity contribution in [3.05, 3.63) is 83.9 Å². The fourth-order valence-electron chi connectivity index (χ4n) is 3.78.